The van der Waals surface area contributed by atoms with Crippen LogP contribution in [0.15, 0.2) is 47.1 Å². The summed E-state index contributed by atoms with van der Waals surface area (Å²) in [6.07, 6.45) is 1.82. The molecule has 2 rings (SSSR count). The van der Waals surface area contributed by atoms with Crippen molar-refractivity contribution in [1.29, 1.82) is 0 Å². The minimum atomic E-state index is 0.770. The summed E-state index contributed by atoms with van der Waals surface area (Å²) in [6.45, 7) is 1.71. The fraction of sp³-hybridized carbons (Fsp3) is 0.214. The van der Waals surface area contributed by atoms with E-state index in [-0.39, 0.29) is 0 Å². The Morgan fingerprint density at radius 1 is 1.22 bits per heavy atom. The van der Waals surface area contributed by atoms with Crippen LogP contribution in [0.25, 0.3) is 0 Å². The van der Waals surface area contributed by atoms with Crippen molar-refractivity contribution >= 4 is 21.6 Å². The zero-order valence-electron chi connectivity index (χ0n) is 10.3. The van der Waals surface area contributed by atoms with Crippen LogP contribution in [0.5, 0.6) is 0 Å². The molecule has 1 aromatic carbocycles. The molecular formula is C14H16BrN3. The third-order valence-electron chi connectivity index (χ3n) is 2.68. The smallest absolute Gasteiger partial charge is 0.0543 e. The van der Waals surface area contributed by atoms with Crippen molar-refractivity contribution in [1.82, 2.24) is 9.88 Å². The molecule has 0 aliphatic rings. The van der Waals surface area contributed by atoms with Crippen molar-refractivity contribution in [2.45, 2.75) is 13.1 Å². The van der Waals surface area contributed by atoms with Crippen LogP contribution in [0.2, 0.25) is 0 Å². The van der Waals surface area contributed by atoms with Crippen LogP contribution >= 0.6 is 15.9 Å². The van der Waals surface area contributed by atoms with Gasteiger partial charge in [-0.25, -0.2) is 0 Å². The van der Waals surface area contributed by atoms with Gasteiger partial charge in [0.2, 0.25) is 0 Å². The van der Waals surface area contributed by atoms with Gasteiger partial charge in [0, 0.05) is 29.4 Å². The number of aromatic nitrogens is 1. The molecule has 0 spiro atoms. The Morgan fingerprint density at radius 2 is 2.06 bits per heavy atom. The third-order valence-corrected chi connectivity index (χ3v) is 3.36. The molecule has 94 valence electrons. The highest BCUT2D eigenvalue weighted by Gasteiger charge is 2.04. The molecule has 2 aromatic rings. The first kappa shape index (κ1) is 13.1. The number of nitrogens with zero attached hydrogens (tertiary/aromatic N) is 2. The Balaban J connectivity index is 1.99. The highest BCUT2D eigenvalue weighted by Crippen LogP contribution is 2.21. The number of benzene rings is 1. The van der Waals surface area contributed by atoms with Gasteiger partial charge in [-0.15, -0.1) is 0 Å². The molecule has 0 fully saturated rings. The van der Waals surface area contributed by atoms with Gasteiger partial charge in [0.15, 0.2) is 0 Å². The van der Waals surface area contributed by atoms with E-state index in [4.69, 9.17) is 5.73 Å². The lowest BCUT2D eigenvalue weighted by Crippen LogP contribution is -2.17. The molecular weight excluding hydrogens is 290 g/mol. The Bertz CT molecular complexity index is 514. The Morgan fingerprint density at radius 3 is 2.72 bits per heavy atom. The van der Waals surface area contributed by atoms with E-state index in [1.807, 2.05) is 30.5 Å². The molecule has 3 nitrogen and oxygen atoms in total. The lowest BCUT2D eigenvalue weighted by Gasteiger charge is -2.16. The summed E-state index contributed by atoms with van der Waals surface area (Å²) < 4.78 is 0.950. The molecule has 0 aliphatic carbocycles. The molecule has 0 radical (unpaired) electrons. The van der Waals surface area contributed by atoms with Crippen LogP contribution in [0.3, 0.4) is 0 Å². The number of hydrogen-bond acceptors (Lipinski definition) is 3. The van der Waals surface area contributed by atoms with E-state index in [2.05, 4.69) is 45.0 Å². The van der Waals surface area contributed by atoms with E-state index in [1.165, 1.54) is 5.56 Å². The second kappa shape index (κ2) is 5.98. The van der Waals surface area contributed by atoms with Gasteiger partial charge in [0.25, 0.3) is 0 Å². The number of nitrogens with two attached hydrogens (primary N) is 1. The normalized spacial score (nSPS) is 10.8. The molecule has 0 bridgehead atoms. The summed E-state index contributed by atoms with van der Waals surface area (Å²) >= 11 is 3.45. The van der Waals surface area contributed by atoms with Gasteiger partial charge in [-0.2, -0.15) is 0 Å². The molecule has 0 saturated heterocycles. The predicted molar refractivity (Wildman–Crippen MR) is 78.0 cm³/mol. The molecule has 0 amide bonds. The van der Waals surface area contributed by atoms with E-state index in [0.717, 1.165) is 28.9 Å². The van der Waals surface area contributed by atoms with Gasteiger partial charge < -0.3 is 5.73 Å². The van der Waals surface area contributed by atoms with Crippen LogP contribution in [0.4, 0.5) is 5.69 Å². The molecule has 4 heteroatoms. The maximum Gasteiger partial charge on any atom is 0.0543 e. The minimum absolute atomic E-state index is 0.770. The average molecular weight is 306 g/mol. The number of nitrogen functional groups attached to an aromatic ring is 1. The van der Waals surface area contributed by atoms with Gasteiger partial charge in [-0.05, 0) is 52.8 Å². The van der Waals surface area contributed by atoms with Crippen molar-refractivity contribution in [3.05, 3.63) is 58.3 Å². The van der Waals surface area contributed by atoms with Gasteiger partial charge in [0.1, 0.15) is 0 Å². The topological polar surface area (TPSA) is 42.1 Å². The first-order valence-electron chi connectivity index (χ1n) is 5.77. The molecule has 0 aliphatic heterocycles. The first-order chi connectivity index (χ1) is 8.65. The number of pyridine rings is 1. The van der Waals surface area contributed by atoms with Crippen LogP contribution in [-0.2, 0) is 13.1 Å². The summed E-state index contributed by atoms with van der Waals surface area (Å²) in [5.41, 5.74) is 8.85. The summed E-state index contributed by atoms with van der Waals surface area (Å²) in [5.74, 6) is 0. The molecule has 1 aromatic heterocycles. The molecule has 18 heavy (non-hydrogen) atoms. The van der Waals surface area contributed by atoms with Gasteiger partial charge >= 0.3 is 0 Å². The standard InChI is InChI=1S/C14H16BrN3/c1-18(10-12-4-2-3-7-17-12)9-11-5-6-14(16)13(15)8-11/h2-8H,9-10,16H2,1H3. The van der Waals surface area contributed by atoms with E-state index in [9.17, 15) is 0 Å². The van der Waals surface area contributed by atoms with Crippen LogP contribution in [0.1, 0.15) is 11.3 Å². The molecule has 0 unspecified atom stereocenters. The zero-order chi connectivity index (χ0) is 13.0. The van der Waals surface area contributed by atoms with E-state index in [1.54, 1.807) is 0 Å². The lowest BCUT2D eigenvalue weighted by molar-refractivity contribution is 0.315. The molecule has 0 saturated carbocycles. The average Bonchev–Trinajstić information content (AvgIpc) is 2.35. The van der Waals surface area contributed by atoms with Crippen molar-refractivity contribution < 1.29 is 0 Å². The minimum Gasteiger partial charge on any atom is -0.398 e. The Hall–Kier alpha value is -1.39. The summed E-state index contributed by atoms with van der Waals surface area (Å²) in [6, 6.07) is 12.0. The van der Waals surface area contributed by atoms with Crippen molar-refractivity contribution in [2.75, 3.05) is 12.8 Å². The maximum absolute atomic E-state index is 5.77. The lowest BCUT2D eigenvalue weighted by atomic mass is 10.2. The summed E-state index contributed by atoms with van der Waals surface area (Å²) in [4.78, 5) is 6.54. The monoisotopic (exact) mass is 305 g/mol. The fourth-order valence-corrected chi connectivity index (χ4v) is 2.23. The molecule has 0 atom stereocenters. The van der Waals surface area contributed by atoms with Gasteiger partial charge in [-0.1, -0.05) is 12.1 Å². The van der Waals surface area contributed by atoms with Crippen LogP contribution in [-0.4, -0.2) is 16.9 Å². The van der Waals surface area contributed by atoms with Crippen LogP contribution in [0, 0.1) is 0 Å². The number of halogens is 1. The summed E-state index contributed by atoms with van der Waals surface area (Å²) in [5, 5.41) is 0. The van der Waals surface area contributed by atoms with Crippen molar-refractivity contribution in [3.63, 3.8) is 0 Å². The van der Waals surface area contributed by atoms with Crippen molar-refractivity contribution in [2.24, 2.45) is 0 Å². The molecule has 1 heterocycles. The second-order valence-corrected chi connectivity index (χ2v) is 5.20. The van der Waals surface area contributed by atoms with E-state index >= 15 is 0 Å². The van der Waals surface area contributed by atoms with E-state index < -0.39 is 0 Å². The SMILES string of the molecule is CN(Cc1ccc(N)c(Br)c1)Cc1ccccn1. The Labute approximate surface area is 116 Å². The second-order valence-electron chi connectivity index (χ2n) is 4.35. The predicted octanol–water partition coefficient (Wildman–Crippen LogP) is 3.06. The fourth-order valence-electron chi connectivity index (χ4n) is 1.80. The highest BCUT2D eigenvalue weighted by molar-refractivity contribution is 9.10. The highest BCUT2D eigenvalue weighted by atomic mass is 79.9. The van der Waals surface area contributed by atoms with E-state index in [0.29, 0.717) is 0 Å². The quantitative estimate of drug-likeness (QED) is 0.883. The number of rotatable bonds is 4. The number of anilines is 1. The molecule has 2 N–H and O–H groups in total. The third kappa shape index (κ3) is 3.55. The van der Waals surface area contributed by atoms with Crippen molar-refractivity contribution in [3.8, 4) is 0 Å². The largest absolute Gasteiger partial charge is 0.398 e. The Kier molecular flexibility index (Phi) is 4.33. The first-order valence-corrected chi connectivity index (χ1v) is 6.57. The summed E-state index contributed by atoms with van der Waals surface area (Å²) in [7, 11) is 2.08. The maximum atomic E-state index is 5.77. The number of hydrogen-bond donors (Lipinski definition) is 1. The van der Waals surface area contributed by atoms with Gasteiger partial charge in [0.05, 0.1) is 5.69 Å². The van der Waals surface area contributed by atoms with Gasteiger partial charge in [-0.3, -0.25) is 9.88 Å². The zero-order valence-corrected chi connectivity index (χ0v) is 11.9. The van der Waals surface area contributed by atoms with Crippen LogP contribution < -0.4 is 5.73 Å².